The van der Waals surface area contributed by atoms with Crippen LogP contribution in [0.25, 0.3) is 10.2 Å². The van der Waals surface area contributed by atoms with Crippen molar-refractivity contribution in [2.45, 2.75) is 31.6 Å². The minimum absolute atomic E-state index is 0.0158. The second kappa shape index (κ2) is 11.1. The van der Waals surface area contributed by atoms with E-state index >= 15 is 0 Å². The number of aromatic nitrogens is 4. The van der Waals surface area contributed by atoms with Crippen molar-refractivity contribution in [3.8, 4) is 0 Å². The number of amides is 1. The number of thiophene rings is 1. The Balaban J connectivity index is 1.28. The van der Waals surface area contributed by atoms with Gasteiger partial charge >= 0.3 is 0 Å². The second-order valence-electron chi connectivity index (χ2n) is 10.3. The summed E-state index contributed by atoms with van der Waals surface area (Å²) in [4.78, 5) is 29.0. The molecular formula is C25H34N8O3S2. The van der Waals surface area contributed by atoms with Crippen LogP contribution in [-0.2, 0) is 9.84 Å². The summed E-state index contributed by atoms with van der Waals surface area (Å²) in [6.45, 7) is 3.66. The quantitative estimate of drug-likeness (QED) is 0.441. The first-order valence-corrected chi connectivity index (χ1v) is 15.8. The fraction of sp³-hybridized carbons (Fsp3) is 0.560. The topological polar surface area (TPSA) is 125 Å². The minimum atomic E-state index is -2.96. The molecule has 1 aliphatic heterocycles. The van der Waals surface area contributed by atoms with Crippen LogP contribution in [0.5, 0.6) is 0 Å². The van der Waals surface area contributed by atoms with Gasteiger partial charge in [-0.15, -0.1) is 21.5 Å². The van der Waals surface area contributed by atoms with Crippen molar-refractivity contribution in [3.05, 3.63) is 28.8 Å². The lowest BCUT2D eigenvalue weighted by Crippen LogP contribution is -2.47. The molecule has 0 bridgehead atoms. The molecule has 204 valence electrons. The van der Waals surface area contributed by atoms with Crippen molar-refractivity contribution < 1.29 is 13.2 Å². The normalized spacial score (nSPS) is 17.3. The van der Waals surface area contributed by atoms with E-state index < -0.39 is 9.84 Å². The number of anilines is 3. The summed E-state index contributed by atoms with van der Waals surface area (Å²) in [7, 11) is 0.609. The van der Waals surface area contributed by atoms with Crippen LogP contribution in [0.3, 0.4) is 0 Å². The first-order valence-electron chi connectivity index (χ1n) is 12.9. The van der Waals surface area contributed by atoms with E-state index in [0.29, 0.717) is 24.2 Å². The van der Waals surface area contributed by atoms with Crippen LogP contribution in [0.4, 0.5) is 17.6 Å². The predicted octanol–water partition coefficient (Wildman–Crippen LogP) is 2.75. The zero-order valence-corrected chi connectivity index (χ0v) is 23.7. The van der Waals surface area contributed by atoms with E-state index in [4.69, 9.17) is 4.98 Å². The third-order valence-corrected chi connectivity index (χ3v) is 9.24. The zero-order chi connectivity index (χ0) is 26.9. The van der Waals surface area contributed by atoms with E-state index in [1.807, 2.05) is 12.1 Å². The fourth-order valence-corrected chi connectivity index (χ4v) is 6.91. The third kappa shape index (κ3) is 6.05. The number of carbonyl (C=O) groups is 1. The summed E-state index contributed by atoms with van der Waals surface area (Å²) in [5.41, 5.74) is 1.91. The summed E-state index contributed by atoms with van der Waals surface area (Å²) in [5.74, 6) is 2.30. The molecule has 0 atom stereocenters. The maximum atomic E-state index is 12.9. The van der Waals surface area contributed by atoms with Crippen molar-refractivity contribution >= 4 is 54.9 Å². The average molecular weight is 559 g/mol. The molecule has 0 aromatic carbocycles. The number of piperazine rings is 1. The summed E-state index contributed by atoms with van der Waals surface area (Å²) >= 11 is 1.47. The Morgan fingerprint density at radius 2 is 1.87 bits per heavy atom. The van der Waals surface area contributed by atoms with Crippen molar-refractivity contribution in [1.82, 2.24) is 30.0 Å². The number of nitrogens with one attached hydrogen (secondary N) is 1. The summed E-state index contributed by atoms with van der Waals surface area (Å²) < 4.78 is 23.8. The molecule has 3 aromatic heterocycles. The molecule has 1 saturated carbocycles. The van der Waals surface area contributed by atoms with Gasteiger partial charge in [-0.05, 0) is 30.9 Å². The smallest absolute Gasteiger partial charge is 0.263 e. The van der Waals surface area contributed by atoms with E-state index in [9.17, 15) is 13.2 Å². The van der Waals surface area contributed by atoms with Gasteiger partial charge in [0.05, 0.1) is 27.0 Å². The average Bonchev–Trinajstić information content (AvgIpc) is 3.55. The van der Waals surface area contributed by atoms with E-state index in [1.54, 1.807) is 25.2 Å². The fourth-order valence-electron chi connectivity index (χ4n) is 5.10. The minimum Gasteiger partial charge on any atom is -0.353 e. The van der Waals surface area contributed by atoms with Gasteiger partial charge in [-0.25, -0.2) is 18.4 Å². The molecular weight excluding hydrogens is 524 g/mol. The molecule has 11 nitrogen and oxygen atoms in total. The highest BCUT2D eigenvalue weighted by Gasteiger charge is 2.29. The first kappa shape index (κ1) is 26.7. The highest BCUT2D eigenvalue weighted by molar-refractivity contribution is 7.90. The maximum absolute atomic E-state index is 12.9. The maximum Gasteiger partial charge on any atom is 0.263 e. The zero-order valence-electron chi connectivity index (χ0n) is 22.1. The van der Waals surface area contributed by atoms with Crippen LogP contribution >= 0.6 is 11.3 Å². The van der Waals surface area contributed by atoms with Crippen LogP contribution in [0, 0.1) is 0 Å². The van der Waals surface area contributed by atoms with Crippen LogP contribution in [0.15, 0.2) is 18.3 Å². The predicted molar refractivity (Wildman–Crippen MR) is 150 cm³/mol. The molecule has 1 aliphatic carbocycles. The van der Waals surface area contributed by atoms with Gasteiger partial charge in [0, 0.05) is 58.6 Å². The number of hydrogen-bond acceptors (Lipinski definition) is 11. The number of hydrogen-bond donors (Lipinski definition) is 1. The molecule has 4 heterocycles. The number of nitrogens with zero attached hydrogens (tertiary/aromatic N) is 7. The van der Waals surface area contributed by atoms with Crippen molar-refractivity contribution in [2.24, 2.45) is 0 Å². The molecule has 2 fully saturated rings. The summed E-state index contributed by atoms with van der Waals surface area (Å²) in [6.07, 6.45) is 7.55. The van der Waals surface area contributed by atoms with E-state index in [2.05, 4.69) is 30.3 Å². The van der Waals surface area contributed by atoms with Gasteiger partial charge in [0.1, 0.15) is 9.84 Å². The van der Waals surface area contributed by atoms with Gasteiger partial charge in [0.15, 0.2) is 11.6 Å². The second-order valence-corrected chi connectivity index (χ2v) is 13.6. The molecule has 3 aromatic rings. The molecule has 1 saturated heterocycles. The number of fused-ring (bicyclic) bond motifs is 1. The summed E-state index contributed by atoms with van der Waals surface area (Å²) in [6, 6.07) is 3.78. The van der Waals surface area contributed by atoms with Gasteiger partial charge in [0.2, 0.25) is 5.95 Å². The van der Waals surface area contributed by atoms with E-state index in [0.717, 1.165) is 65.5 Å². The highest BCUT2D eigenvalue weighted by atomic mass is 32.2. The Kier molecular flexibility index (Phi) is 7.78. The molecule has 2 aliphatic rings. The molecule has 38 heavy (non-hydrogen) atoms. The lowest BCUT2D eigenvalue weighted by Gasteiger charge is -2.35. The Bertz CT molecular complexity index is 1390. The Morgan fingerprint density at radius 3 is 2.50 bits per heavy atom. The number of sulfone groups is 1. The van der Waals surface area contributed by atoms with Crippen LogP contribution in [0.2, 0.25) is 0 Å². The van der Waals surface area contributed by atoms with E-state index in [-0.39, 0.29) is 11.7 Å². The third-order valence-electron chi connectivity index (χ3n) is 7.20. The Morgan fingerprint density at radius 1 is 1.13 bits per heavy atom. The van der Waals surface area contributed by atoms with Crippen LogP contribution in [-0.4, -0.2) is 103 Å². The van der Waals surface area contributed by atoms with Crippen molar-refractivity contribution in [2.75, 3.05) is 69.0 Å². The van der Waals surface area contributed by atoms with Gasteiger partial charge in [-0.2, -0.15) is 0 Å². The molecule has 0 radical (unpaired) electrons. The first-order chi connectivity index (χ1) is 18.2. The lowest BCUT2D eigenvalue weighted by molar-refractivity contribution is 0.0831. The van der Waals surface area contributed by atoms with Gasteiger partial charge in [0.25, 0.3) is 5.91 Å². The van der Waals surface area contributed by atoms with Gasteiger partial charge in [-0.1, -0.05) is 12.8 Å². The highest BCUT2D eigenvalue weighted by Crippen LogP contribution is 2.43. The van der Waals surface area contributed by atoms with Gasteiger partial charge in [-0.3, -0.25) is 9.69 Å². The van der Waals surface area contributed by atoms with Crippen molar-refractivity contribution in [3.63, 3.8) is 0 Å². The SMILES string of the molecule is CN(C)C(=O)c1sc2cnc(Nc3ccc(N4CCN(CCS(C)(=O)=O)CC4)nn3)nc2c1C1CCCC1. The Labute approximate surface area is 227 Å². The largest absolute Gasteiger partial charge is 0.353 e. The van der Waals surface area contributed by atoms with Crippen LogP contribution in [0.1, 0.15) is 46.8 Å². The van der Waals surface area contributed by atoms with E-state index in [1.165, 1.54) is 30.4 Å². The number of rotatable bonds is 8. The molecule has 0 spiro atoms. The standard InChI is InChI=1S/C25H34N8O3S2/c1-31(2)24(34)23-21(17-6-4-5-7-17)22-18(37-23)16-26-25(28-22)27-19-8-9-20(30-29-19)33-12-10-32(11-13-33)14-15-38(3,35)36/h8-9,16-17H,4-7,10-15H2,1-3H3,(H,26,27,28,29). The van der Waals surface area contributed by atoms with Gasteiger partial charge < -0.3 is 15.1 Å². The lowest BCUT2D eigenvalue weighted by atomic mass is 9.96. The van der Waals surface area contributed by atoms with Crippen molar-refractivity contribution in [1.29, 1.82) is 0 Å². The monoisotopic (exact) mass is 558 g/mol. The Hall–Kier alpha value is -2.90. The molecule has 1 N–H and O–H groups in total. The molecule has 1 amide bonds. The van der Waals surface area contributed by atoms with Crippen LogP contribution < -0.4 is 10.2 Å². The molecule has 13 heteroatoms. The summed E-state index contributed by atoms with van der Waals surface area (Å²) in [5, 5.41) is 11.9. The number of carbonyl (C=O) groups excluding carboxylic acids is 1. The molecule has 0 unspecified atom stereocenters. The molecule has 5 rings (SSSR count).